The Hall–Kier alpha value is -3.32. The van der Waals surface area contributed by atoms with Gasteiger partial charge in [-0.1, -0.05) is 35.9 Å². The van der Waals surface area contributed by atoms with Gasteiger partial charge in [-0.2, -0.15) is 0 Å². The summed E-state index contributed by atoms with van der Waals surface area (Å²) in [6.07, 6.45) is 2.46. The maximum absolute atomic E-state index is 12.1. The number of carbonyl (C=O) groups is 3. The molecule has 0 aliphatic heterocycles. The van der Waals surface area contributed by atoms with E-state index in [4.69, 9.17) is 16.3 Å². The fraction of sp³-hybridized carbons (Fsp3) is 0.261. The van der Waals surface area contributed by atoms with Crippen LogP contribution in [0.3, 0.4) is 0 Å². The maximum atomic E-state index is 12.1. The quantitative estimate of drug-likeness (QED) is 0.560. The molecule has 0 fully saturated rings. The smallest absolute Gasteiger partial charge is 0.408 e. The topological polar surface area (TPSA) is 96.5 Å². The van der Waals surface area contributed by atoms with Crippen molar-refractivity contribution in [2.24, 2.45) is 0 Å². The Labute approximate surface area is 186 Å². The number of nitrogens with one attached hydrogen (secondary N) is 3. The average molecular weight is 444 g/mol. The average Bonchev–Trinajstić information content (AvgIpc) is 2.69. The lowest BCUT2D eigenvalue weighted by atomic mass is 10.2. The van der Waals surface area contributed by atoms with Crippen LogP contribution in [0.25, 0.3) is 6.08 Å². The summed E-state index contributed by atoms with van der Waals surface area (Å²) in [4.78, 5) is 35.6. The maximum Gasteiger partial charge on any atom is 0.408 e. The van der Waals surface area contributed by atoms with Gasteiger partial charge in [0.25, 0.3) is 0 Å². The number of ether oxygens (including phenoxy) is 1. The third kappa shape index (κ3) is 9.82. The number of amides is 3. The van der Waals surface area contributed by atoms with E-state index in [1.807, 2.05) is 18.2 Å². The number of benzene rings is 2. The molecule has 2 aromatic carbocycles. The number of hydrogen-bond acceptors (Lipinski definition) is 4. The van der Waals surface area contributed by atoms with E-state index in [1.165, 1.54) is 6.08 Å². The Morgan fingerprint density at radius 2 is 1.74 bits per heavy atom. The second-order valence-electron chi connectivity index (χ2n) is 7.71. The van der Waals surface area contributed by atoms with Crippen molar-refractivity contribution in [2.75, 3.05) is 11.9 Å². The minimum Gasteiger partial charge on any atom is -0.444 e. The first kappa shape index (κ1) is 24.0. The molecule has 7 nitrogen and oxygen atoms in total. The van der Waals surface area contributed by atoms with Crippen LogP contribution in [-0.4, -0.2) is 30.1 Å². The van der Waals surface area contributed by atoms with Crippen molar-refractivity contribution < 1.29 is 19.1 Å². The number of carbonyl (C=O) groups excluding carboxylic acids is 3. The van der Waals surface area contributed by atoms with Crippen LogP contribution in [0.15, 0.2) is 54.6 Å². The van der Waals surface area contributed by atoms with Gasteiger partial charge in [0.2, 0.25) is 11.8 Å². The third-order valence-corrected chi connectivity index (χ3v) is 4.03. The van der Waals surface area contributed by atoms with Gasteiger partial charge in [0.05, 0.1) is 0 Å². The highest BCUT2D eigenvalue weighted by Crippen LogP contribution is 2.13. The molecule has 2 rings (SSSR count). The minimum atomic E-state index is -0.654. The van der Waals surface area contributed by atoms with Crippen LogP contribution in [0.5, 0.6) is 0 Å². The molecule has 3 N–H and O–H groups in total. The number of alkyl carbamates (subject to hydrolysis) is 1. The number of anilines is 1. The van der Waals surface area contributed by atoms with Crippen molar-refractivity contribution >= 4 is 41.3 Å². The zero-order valence-corrected chi connectivity index (χ0v) is 18.5. The largest absolute Gasteiger partial charge is 0.444 e. The fourth-order valence-electron chi connectivity index (χ4n) is 2.42. The van der Waals surface area contributed by atoms with E-state index in [1.54, 1.807) is 57.2 Å². The van der Waals surface area contributed by atoms with Crippen LogP contribution in [0.2, 0.25) is 5.02 Å². The molecule has 0 unspecified atom stereocenters. The van der Waals surface area contributed by atoms with Crippen molar-refractivity contribution in [3.05, 3.63) is 70.8 Å². The standard InChI is InChI=1S/C23H26ClN3O4/c1-23(2,3)31-22(30)26-15-21(29)25-14-17-5-4-6-19(13-17)27-20(28)12-9-16-7-10-18(24)11-8-16/h4-13H,14-15H2,1-3H3,(H,25,29)(H,26,30)(H,27,28)/b12-9+. The normalized spacial score (nSPS) is 11.1. The van der Waals surface area contributed by atoms with Crippen molar-refractivity contribution in [1.82, 2.24) is 10.6 Å². The number of halogens is 1. The zero-order valence-electron chi connectivity index (χ0n) is 17.7. The second-order valence-corrected chi connectivity index (χ2v) is 8.14. The first-order chi connectivity index (χ1) is 14.6. The van der Waals surface area contributed by atoms with Gasteiger partial charge < -0.3 is 20.7 Å². The molecule has 0 bridgehead atoms. The summed E-state index contributed by atoms with van der Waals surface area (Å²) in [5.74, 6) is -0.635. The van der Waals surface area contributed by atoms with E-state index in [0.717, 1.165) is 11.1 Å². The fourth-order valence-corrected chi connectivity index (χ4v) is 2.54. The first-order valence-electron chi connectivity index (χ1n) is 9.68. The first-order valence-corrected chi connectivity index (χ1v) is 10.1. The van der Waals surface area contributed by atoms with Crippen LogP contribution in [-0.2, 0) is 20.9 Å². The Balaban J connectivity index is 1.80. The lowest BCUT2D eigenvalue weighted by molar-refractivity contribution is -0.120. The molecule has 0 radical (unpaired) electrons. The van der Waals surface area contributed by atoms with Crippen molar-refractivity contribution in [3.63, 3.8) is 0 Å². The van der Waals surface area contributed by atoms with E-state index in [9.17, 15) is 14.4 Å². The monoisotopic (exact) mass is 443 g/mol. The van der Waals surface area contributed by atoms with Gasteiger partial charge in [-0.05, 0) is 62.2 Å². The lowest BCUT2D eigenvalue weighted by Gasteiger charge is -2.19. The van der Waals surface area contributed by atoms with Gasteiger partial charge in [-0.3, -0.25) is 9.59 Å². The Bertz CT molecular complexity index is 950. The van der Waals surface area contributed by atoms with Crippen molar-refractivity contribution in [2.45, 2.75) is 32.9 Å². The van der Waals surface area contributed by atoms with Gasteiger partial charge in [0.1, 0.15) is 12.1 Å². The van der Waals surface area contributed by atoms with E-state index in [2.05, 4.69) is 16.0 Å². The Morgan fingerprint density at radius 1 is 1.03 bits per heavy atom. The molecule has 0 aliphatic carbocycles. The molecule has 0 aliphatic rings. The minimum absolute atomic E-state index is 0.194. The lowest BCUT2D eigenvalue weighted by Crippen LogP contribution is -2.39. The van der Waals surface area contributed by atoms with E-state index in [-0.39, 0.29) is 24.9 Å². The predicted octanol–water partition coefficient (Wildman–Crippen LogP) is 4.13. The van der Waals surface area contributed by atoms with E-state index < -0.39 is 11.7 Å². The number of rotatable bonds is 7. The molecular weight excluding hydrogens is 418 g/mol. The molecule has 0 spiro atoms. The summed E-state index contributed by atoms with van der Waals surface area (Å²) in [5, 5.41) is 8.51. The molecule has 164 valence electrons. The Morgan fingerprint density at radius 3 is 2.42 bits per heavy atom. The van der Waals surface area contributed by atoms with Crippen LogP contribution < -0.4 is 16.0 Å². The summed E-state index contributed by atoms with van der Waals surface area (Å²) in [5.41, 5.74) is 1.63. The van der Waals surface area contributed by atoms with Gasteiger partial charge in [-0.25, -0.2) is 4.79 Å². The highest BCUT2D eigenvalue weighted by Gasteiger charge is 2.16. The summed E-state index contributed by atoms with van der Waals surface area (Å²) < 4.78 is 5.08. The molecule has 0 heterocycles. The highest BCUT2D eigenvalue weighted by atomic mass is 35.5. The summed E-state index contributed by atoms with van der Waals surface area (Å²) >= 11 is 5.84. The molecule has 0 saturated heterocycles. The second kappa shape index (κ2) is 11.2. The van der Waals surface area contributed by atoms with Crippen LogP contribution in [0, 0.1) is 0 Å². The summed E-state index contributed by atoms with van der Waals surface area (Å²) in [6.45, 7) is 5.28. The molecule has 2 aromatic rings. The number of hydrogen-bond donors (Lipinski definition) is 3. The molecule has 8 heteroatoms. The van der Waals surface area contributed by atoms with E-state index in [0.29, 0.717) is 10.7 Å². The molecule has 0 saturated carbocycles. The molecule has 0 aromatic heterocycles. The summed E-state index contributed by atoms with van der Waals surface area (Å²) in [7, 11) is 0. The van der Waals surface area contributed by atoms with Crippen molar-refractivity contribution in [3.8, 4) is 0 Å². The molecular formula is C23H26ClN3O4. The van der Waals surface area contributed by atoms with E-state index >= 15 is 0 Å². The third-order valence-electron chi connectivity index (χ3n) is 3.77. The van der Waals surface area contributed by atoms with Crippen LogP contribution >= 0.6 is 11.6 Å². The van der Waals surface area contributed by atoms with Gasteiger partial charge >= 0.3 is 6.09 Å². The highest BCUT2D eigenvalue weighted by molar-refractivity contribution is 6.30. The Kier molecular flexibility index (Phi) is 8.63. The molecule has 0 atom stereocenters. The van der Waals surface area contributed by atoms with Gasteiger partial charge in [0, 0.05) is 23.3 Å². The van der Waals surface area contributed by atoms with Crippen LogP contribution in [0.4, 0.5) is 10.5 Å². The molecule has 3 amide bonds. The SMILES string of the molecule is CC(C)(C)OC(=O)NCC(=O)NCc1cccc(NC(=O)/C=C/c2ccc(Cl)cc2)c1. The molecule has 31 heavy (non-hydrogen) atoms. The summed E-state index contributed by atoms with van der Waals surface area (Å²) in [6, 6.07) is 14.2. The van der Waals surface area contributed by atoms with Crippen molar-refractivity contribution in [1.29, 1.82) is 0 Å². The van der Waals surface area contributed by atoms with Gasteiger partial charge in [-0.15, -0.1) is 0 Å². The van der Waals surface area contributed by atoms with Gasteiger partial charge in [0.15, 0.2) is 0 Å². The predicted molar refractivity (Wildman–Crippen MR) is 122 cm³/mol. The van der Waals surface area contributed by atoms with Crippen LogP contribution in [0.1, 0.15) is 31.9 Å². The zero-order chi connectivity index (χ0) is 22.9.